The Labute approximate surface area is 59.3 Å². The van der Waals surface area contributed by atoms with Crippen LogP contribution in [0, 0.1) is 5.41 Å². The van der Waals surface area contributed by atoms with Crippen LogP contribution in [-0.2, 0) is 9.53 Å². The van der Waals surface area contributed by atoms with Gasteiger partial charge in [0.1, 0.15) is 0 Å². The Balaban J connectivity index is 3.71. The second-order valence-corrected chi connectivity index (χ2v) is 1.72. The van der Waals surface area contributed by atoms with Gasteiger partial charge in [-0.1, -0.05) is 0 Å². The van der Waals surface area contributed by atoms with Crippen molar-refractivity contribution in [1.29, 1.82) is 5.41 Å². The van der Waals surface area contributed by atoms with Crippen molar-refractivity contribution in [3.63, 3.8) is 0 Å². The van der Waals surface area contributed by atoms with Gasteiger partial charge >= 0.3 is 5.97 Å². The quantitative estimate of drug-likeness (QED) is 0.554. The molecule has 0 saturated heterocycles. The molecule has 0 aromatic carbocycles. The van der Waals surface area contributed by atoms with E-state index in [9.17, 15) is 4.79 Å². The molecule has 4 heteroatoms. The van der Waals surface area contributed by atoms with Gasteiger partial charge in [0, 0.05) is 13.0 Å². The number of carbonyl (C=O) groups is 1. The molecule has 0 bridgehead atoms. The number of carboxylic acid groups (broad SMARTS) is 1. The number of aliphatic carboxylic acids is 1. The van der Waals surface area contributed by atoms with Gasteiger partial charge in [-0.25, -0.2) is 4.79 Å². The van der Waals surface area contributed by atoms with Crippen molar-refractivity contribution < 1.29 is 14.6 Å². The molecule has 0 fully saturated rings. The van der Waals surface area contributed by atoms with Gasteiger partial charge in [0.05, 0.1) is 0 Å². The van der Waals surface area contributed by atoms with E-state index in [1.807, 2.05) is 0 Å². The standard InChI is InChI=1S/C6H11NO3/c1-2-10-5(3-4-7)6(8)9/h4-5,7H,2-3H2,1H3,(H,8,9). The molecule has 0 rings (SSSR count). The summed E-state index contributed by atoms with van der Waals surface area (Å²) >= 11 is 0. The largest absolute Gasteiger partial charge is 0.479 e. The van der Waals surface area contributed by atoms with E-state index >= 15 is 0 Å². The average molecular weight is 145 g/mol. The summed E-state index contributed by atoms with van der Waals surface area (Å²) in [5.74, 6) is -1.01. The van der Waals surface area contributed by atoms with E-state index in [2.05, 4.69) is 0 Å². The maximum Gasteiger partial charge on any atom is 0.333 e. The van der Waals surface area contributed by atoms with E-state index in [-0.39, 0.29) is 6.42 Å². The molecule has 0 aliphatic heterocycles. The second kappa shape index (κ2) is 4.93. The fraction of sp³-hybridized carbons (Fsp3) is 0.667. The third-order valence-electron chi connectivity index (χ3n) is 0.975. The van der Waals surface area contributed by atoms with Gasteiger partial charge < -0.3 is 15.3 Å². The van der Waals surface area contributed by atoms with Crippen molar-refractivity contribution in [2.24, 2.45) is 0 Å². The molecular formula is C6H11NO3. The fourth-order valence-corrected chi connectivity index (χ4v) is 0.548. The van der Waals surface area contributed by atoms with Crippen LogP contribution in [-0.4, -0.2) is 30.0 Å². The Morgan fingerprint density at radius 2 is 2.50 bits per heavy atom. The molecule has 1 unspecified atom stereocenters. The minimum absolute atomic E-state index is 0.142. The highest BCUT2D eigenvalue weighted by molar-refractivity contribution is 5.76. The Hall–Kier alpha value is -0.900. The molecule has 0 aromatic rings. The van der Waals surface area contributed by atoms with Gasteiger partial charge in [-0.15, -0.1) is 0 Å². The topological polar surface area (TPSA) is 70.4 Å². The highest BCUT2D eigenvalue weighted by Crippen LogP contribution is 1.95. The molecule has 0 aliphatic carbocycles. The van der Waals surface area contributed by atoms with Crippen LogP contribution in [0.5, 0.6) is 0 Å². The van der Waals surface area contributed by atoms with E-state index in [4.69, 9.17) is 15.3 Å². The zero-order valence-corrected chi connectivity index (χ0v) is 5.83. The summed E-state index contributed by atoms with van der Waals surface area (Å²) in [5.41, 5.74) is 0. The first kappa shape index (κ1) is 9.10. The molecule has 1 atom stereocenters. The molecule has 0 heterocycles. The Kier molecular flexibility index (Phi) is 4.49. The van der Waals surface area contributed by atoms with Crippen molar-refractivity contribution in [1.82, 2.24) is 0 Å². The Morgan fingerprint density at radius 3 is 2.80 bits per heavy atom. The maximum absolute atomic E-state index is 10.3. The Morgan fingerprint density at radius 1 is 1.90 bits per heavy atom. The van der Waals surface area contributed by atoms with Crippen LogP contribution < -0.4 is 0 Å². The third kappa shape index (κ3) is 3.19. The van der Waals surface area contributed by atoms with E-state index in [0.29, 0.717) is 6.61 Å². The summed E-state index contributed by atoms with van der Waals surface area (Å²) in [6, 6.07) is 0. The van der Waals surface area contributed by atoms with E-state index in [1.54, 1.807) is 6.92 Å². The molecule has 58 valence electrons. The van der Waals surface area contributed by atoms with E-state index in [0.717, 1.165) is 6.21 Å². The average Bonchev–Trinajstić information content (AvgIpc) is 1.87. The van der Waals surface area contributed by atoms with Crippen LogP contribution in [0.25, 0.3) is 0 Å². The lowest BCUT2D eigenvalue weighted by molar-refractivity contribution is -0.149. The van der Waals surface area contributed by atoms with Crippen LogP contribution in [0.4, 0.5) is 0 Å². The number of ether oxygens (including phenoxy) is 1. The third-order valence-corrected chi connectivity index (χ3v) is 0.975. The zero-order valence-electron chi connectivity index (χ0n) is 5.83. The molecule has 2 N–H and O–H groups in total. The maximum atomic E-state index is 10.3. The summed E-state index contributed by atoms with van der Waals surface area (Å²) < 4.78 is 4.79. The number of hydrogen-bond acceptors (Lipinski definition) is 3. The van der Waals surface area contributed by atoms with Crippen molar-refractivity contribution in [3.8, 4) is 0 Å². The van der Waals surface area contributed by atoms with Gasteiger partial charge in [-0.05, 0) is 13.1 Å². The molecule has 0 aliphatic rings. The fourth-order valence-electron chi connectivity index (χ4n) is 0.548. The van der Waals surface area contributed by atoms with Crippen molar-refractivity contribution >= 4 is 12.2 Å². The zero-order chi connectivity index (χ0) is 7.98. The summed E-state index contributed by atoms with van der Waals surface area (Å²) in [6.45, 7) is 2.09. The molecule has 0 spiro atoms. The summed E-state index contributed by atoms with van der Waals surface area (Å²) in [4.78, 5) is 10.3. The highest BCUT2D eigenvalue weighted by Gasteiger charge is 2.14. The van der Waals surface area contributed by atoms with Crippen LogP contribution >= 0.6 is 0 Å². The number of hydrogen-bond donors (Lipinski definition) is 2. The molecule has 0 amide bonds. The van der Waals surface area contributed by atoms with E-state index in [1.165, 1.54) is 0 Å². The van der Waals surface area contributed by atoms with Crippen molar-refractivity contribution in [3.05, 3.63) is 0 Å². The molecule has 0 saturated carbocycles. The van der Waals surface area contributed by atoms with Gasteiger partial charge in [0.25, 0.3) is 0 Å². The van der Waals surface area contributed by atoms with Crippen LogP contribution in [0.3, 0.4) is 0 Å². The SMILES string of the molecule is CCOC(CC=N)C(=O)O. The molecule has 0 aromatic heterocycles. The highest BCUT2D eigenvalue weighted by atomic mass is 16.5. The first-order valence-corrected chi connectivity index (χ1v) is 3.05. The lowest BCUT2D eigenvalue weighted by atomic mass is 10.3. The molecule has 0 radical (unpaired) electrons. The van der Waals surface area contributed by atoms with Crippen molar-refractivity contribution in [2.45, 2.75) is 19.4 Å². The van der Waals surface area contributed by atoms with Crippen LogP contribution in [0.1, 0.15) is 13.3 Å². The van der Waals surface area contributed by atoms with E-state index < -0.39 is 12.1 Å². The lowest BCUT2D eigenvalue weighted by Gasteiger charge is -2.07. The van der Waals surface area contributed by atoms with Gasteiger partial charge in [-0.3, -0.25) is 0 Å². The van der Waals surface area contributed by atoms with Crippen molar-refractivity contribution in [2.75, 3.05) is 6.61 Å². The van der Waals surface area contributed by atoms with Crippen LogP contribution in [0.2, 0.25) is 0 Å². The summed E-state index contributed by atoms with van der Waals surface area (Å²) in [6.07, 6.45) is 0.333. The monoisotopic (exact) mass is 145 g/mol. The normalized spacial score (nSPS) is 12.5. The minimum atomic E-state index is -1.01. The lowest BCUT2D eigenvalue weighted by Crippen LogP contribution is -2.23. The predicted molar refractivity (Wildman–Crippen MR) is 36.5 cm³/mol. The predicted octanol–water partition coefficient (Wildman–Crippen LogP) is 0.516. The first-order chi connectivity index (χ1) is 4.72. The number of rotatable bonds is 5. The molecule has 4 nitrogen and oxygen atoms in total. The van der Waals surface area contributed by atoms with Gasteiger partial charge in [0.15, 0.2) is 6.10 Å². The molecular weight excluding hydrogens is 134 g/mol. The van der Waals surface area contributed by atoms with Gasteiger partial charge in [-0.2, -0.15) is 0 Å². The number of nitrogens with one attached hydrogen (secondary N) is 1. The molecule has 10 heavy (non-hydrogen) atoms. The summed E-state index contributed by atoms with van der Waals surface area (Å²) in [5, 5.41) is 15.0. The number of carboxylic acids is 1. The smallest absolute Gasteiger partial charge is 0.333 e. The van der Waals surface area contributed by atoms with Crippen LogP contribution in [0.15, 0.2) is 0 Å². The second-order valence-electron chi connectivity index (χ2n) is 1.72. The first-order valence-electron chi connectivity index (χ1n) is 3.05. The Bertz CT molecular complexity index is 124. The summed E-state index contributed by atoms with van der Waals surface area (Å²) in [7, 11) is 0. The minimum Gasteiger partial charge on any atom is -0.479 e. The van der Waals surface area contributed by atoms with Gasteiger partial charge in [0.2, 0.25) is 0 Å².